The summed E-state index contributed by atoms with van der Waals surface area (Å²) in [5.74, 6) is 0.276. The maximum absolute atomic E-state index is 12.8. The third kappa shape index (κ3) is 4.49. The van der Waals surface area contributed by atoms with Crippen LogP contribution in [0, 0.1) is 12.8 Å². The molecule has 4 aromatic rings. The van der Waals surface area contributed by atoms with Crippen molar-refractivity contribution < 1.29 is 9.90 Å². The van der Waals surface area contributed by atoms with Crippen molar-refractivity contribution in [3.8, 4) is 0 Å². The van der Waals surface area contributed by atoms with Crippen LogP contribution in [0.2, 0.25) is 5.02 Å². The molecule has 1 aromatic carbocycles. The van der Waals surface area contributed by atoms with Crippen LogP contribution in [0.4, 0.5) is 17.1 Å². The third-order valence-electron chi connectivity index (χ3n) is 7.45. The number of rotatable bonds is 5. The van der Waals surface area contributed by atoms with E-state index >= 15 is 0 Å². The lowest BCUT2D eigenvalue weighted by Crippen LogP contribution is -2.45. The lowest BCUT2D eigenvalue weighted by Gasteiger charge is -2.34. The van der Waals surface area contributed by atoms with Crippen LogP contribution in [0.25, 0.3) is 11.0 Å². The molecule has 0 saturated heterocycles. The normalized spacial score (nSPS) is 21.3. The summed E-state index contributed by atoms with van der Waals surface area (Å²) in [6.45, 7) is 2.54. The van der Waals surface area contributed by atoms with Gasteiger partial charge in [0.2, 0.25) is 6.35 Å². The Balaban J connectivity index is 1.13. The second-order valence-corrected chi connectivity index (χ2v) is 10.3. The van der Waals surface area contributed by atoms with Gasteiger partial charge in [-0.15, -0.1) is 0 Å². The van der Waals surface area contributed by atoms with E-state index in [9.17, 15) is 9.90 Å². The molecule has 1 aliphatic carbocycles. The smallest absolute Gasteiger partial charge is 0.253 e. The molecule has 4 heterocycles. The number of aryl methyl sites for hydroxylation is 1. The number of aliphatic hydroxyl groups excluding tert-OH is 1. The van der Waals surface area contributed by atoms with Gasteiger partial charge in [0, 0.05) is 24.2 Å². The van der Waals surface area contributed by atoms with Crippen LogP contribution >= 0.6 is 11.6 Å². The summed E-state index contributed by atoms with van der Waals surface area (Å²) in [6.07, 6.45) is 7.92. The summed E-state index contributed by atoms with van der Waals surface area (Å²) in [5.41, 5.74) is 4.67. The number of H-pyrrole nitrogens is 1. The molecule has 2 aliphatic rings. The first kappa shape index (κ1) is 23.7. The highest BCUT2D eigenvalue weighted by atomic mass is 35.5. The molecule has 0 spiro atoms. The third-order valence-corrected chi connectivity index (χ3v) is 7.66. The van der Waals surface area contributed by atoms with Gasteiger partial charge in [-0.25, -0.2) is 4.98 Å². The number of nitrogens with zero attached hydrogens (tertiary/aromatic N) is 5. The Bertz CT molecular complexity index is 1450. The molecule has 0 bridgehead atoms. The van der Waals surface area contributed by atoms with Gasteiger partial charge in [-0.05, 0) is 62.8 Å². The Morgan fingerprint density at radius 1 is 1.11 bits per heavy atom. The van der Waals surface area contributed by atoms with Crippen LogP contribution in [0.1, 0.15) is 41.7 Å². The van der Waals surface area contributed by atoms with Gasteiger partial charge >= 0.3 is 0 Å². The number of carbonyl (C=O) groups is 1. The first-order valence-corrected chi connectivity index (χ1v) is 12.9. The van der Waals surface area contributed by atoms with E-state index in [0.29, 0.717) is 27.8 Å². The molecule has 1 fully saturated rings. The van der Waals surface area contributed by atoms with Crippen molar-refractivity contribution in [3.05, 3.63) is 71.3 Å². The topological polar surface area (TPSA) is 110 Å². The summed E-state index contributed by atoms with van der Waals surface area (Å²) in [7, 11) is 0. The fourth-order valence-electron chi connectivity index (χ4n) is 5.49. The van der Waals surface area contributed by atoms with E-state index in [1.54, 1.807) is 24.7 Å². The number of aliphatic hydroxyl groups is 1. The average molecular weight is 518 g/mol. The summed E-state index contributed by atoms with van der Waals surface area (Å²) >= 11 is 6.04. The van der Waals surface area contributed by atoms with Crippen LogP contribution < -0.4 is 15.1 Å². The largest absolute Gasteiger partial charge is 0.356 e. The number of aromatic amines is 1. The molecule has 1 aliphatic heterocycles. The number of amides is 1. The molecule has 9 nitrogen and oxygen atoms in total. The van der Waals surface area contributed by atoms with Gasteiger partial charge in [-0.3, -0.25) is 19.8 Å². The first-order valence-electron chi connectivity index (χ1n) is 12.5. The Morgan fingerprint density at radius 2 is 1.89 bits per heavy atom. The van der Waals surface area contributed by atoms with Crippen molar-refractivity contribution in [2.75, 3.05) is 16.3 Å². The van der Waals surface area contributed by atoms with Crippen molar-refractivity contribution in [2.45, 2.75) is 45.0 Å². The monoisotopic (exact) mass is 517 g/mol. The van der Waals surface area contributed by atoms with Crippen LogP contribution in [0.15, 0.2) is 55.0 Å². The Hall–Kier alpha value is -3.69. The molecule has 10 heteroatoms. The number of para-hydroxylation sites is 2. The fourth-order valence-corrected chi connectivity index (χ4v) is 5.65. The Labute approximate surface area is 219 Å². The predicted octanol–water partition coefficient (Wildman–Crippen LogP) is 4.54. The van der Waals surface area contributed by atoms with Crippen LogP contribution in [-0.4, -0.2) is 50.1 Å². The minimum atomic E-state index is -0.834. The zero-order valence-corrected chi connectivity index (χ0v) is 21.2. The number of pyridine rings is 2. The highest BCUT2D eigenvalue weighted by Crippen LogP contribution is 2.44. The van der Waals surface area contributed by atoms with Gasteiger partial charge in [0.15, 0.2) is 5.65 Å². The predicted molar refractivity (Wildman–Crippen MR) is 143 cm³/mol. The lowest BCUT2D eigenvalue weighted by atomic mass is 9.85. The van der Waals surface area contributed by atoms with Crippen molar-refractivity contribution >= 4 is 45.6 Å². The molecule has 6 rings (SSSR count). The van der Waals surface area contributed by atoms with E-state index in [1.807, 2.05) is 36.1 Å². The van der Waals surface area contributed by atoms with E-state index in [1.165, 1.54) is 0 Å². The molecule has 1 amide bonds. The van der Waals surface area contributed by atoms with Crippen molar-refractivity contribution in [3.63, 3.8) is 0 Å². The zero-order valence-electron chi connectivity index (χ0n) is 20.4. The van der Waals surface area contributed by atoms with E-state index < -0.39 is 6.35 Å². The molecule has 1 atom stereocenters. The maximum Gasteiger partial charge on any atom is 0.253 e. The number of anilines is 3. The molecule has 190 valence electrons. The molecule has 1 unspecified atom stereocenters. The van der Waals surface area contributed by atoms with Gasteiger partial charge in [0.1, 0.15) is 0 Å². The van der Waals surface area contributed by atoms with Gasteiger partial charge in [0.05, 0.1) is 45.7 Å². The number of halogens is 1. The van der Waals surface area contributed by atoms with Gasteiger partial charge in [-0.2, -0.15) is 5.10 Å². The molecule has 0 radical (unpaired) electrons. The summed E-state index contributed by atoms with van der Waals surface area (Å²) < 4.78 is 0. The number of nitrogens with one attached hydrogen (secondary N) is 2. The number of hydrogen-bond donors (Lipinski definition) is 3. The minimum Gasteiger partial charge on any atom is -0.356 e. The Kier molecular flexibility index (Phi) is 6.18. The van der Waals surface area contributed by atoms with Gasteiger partial charge in [-0.1, -0.05) is 23.7 Å². The van der Waals surface area contributed by atoms with Gasteiger partial charge in [0.25, 0.3) is 5.91 Å². The molecular formula is C27H28ClN7O2. The Morgan fingerprint density at radius 3 is 2.70 bits per heavy atom. The molecule has 37 heavy (non-hydrogen) atoms. The maximum atomic E-state index is 12.8. The van der Waals surface area contributed by atoms with E-state index in [2.05, 4.69) is 36.4 Å². The number of hydrogen-bond acceptors (Lipinski definition) is 7. The summed E-state index contributed by atoms with van der Waals surface area (Å²) in [4.78, 5) is 25.4. The van der Waals surface area contributed by atoms with E-state index in [-0.39, 0.29) is 11.9 Å². The fraction of sp³-hybridized carbons (Fsp3) is 0.333. The second-order valence-electron chi connectivity index (χ2n) is 9.84. The number of benzene rings is 1. The number of carbonyl (C=O) groups excluding carboxylic acids is 1. The second kappa shape index (κ2) is 9.64. The van der Waals surface area contributed by atoms with E-state index in [0.717, 1.165) is 54.7 Å². The minimum absolute atomic E-state index is 0.113. The van der Waals surface area contributed by atoms with Crippen LogP contribution in [0.5, 0.6) is 0 Å². The van der Waals surface area contributed by atoms with E-state index in [4.69, 9.17) is 11.6 Å². The highest BCUT2D eigenvalue weighted by molar-refractivity contribution is 6.30. The highest BCUT2D eigenvalue weighted by Gasteiger charge is 2.37. The van der Waals surface area contributed by atoms with Gasteiger partial charge < -0.3 is 15.3 Å². The van der Waals surface area contributed by atoms with Crippen LogP contribution in [0.3, 0.4) is 0 Å². The summed E-state index contributed by atoms with van der Waals surface area (Å²) in [5, 5.41) is 22.9. The van der Waals surface area contributed by atoms with Crippen molar-refractivity contribution in [1.82, 2.24) is 25.5 Å². The lowest BCUT2D eigenvalue weighted by molar-refractivity contribution is 0.0920. The van der Waals surface area contributed by atoms with Crippen LogP contribution in [-0.2, 0) is 0 Å². The first-order chi connectivity index (χ1) is 18.0. The number of fused-ring (bicyclic) bond motifs is 2. The quantitative estimate of drug-likeness (QED) is 0.356. The molecule has 3 aromatic heterocycles. The zero-order chi connectivity index (χ0) is 25.5. The molecular weight excluding hydrogens is 490 g/mol. The standard InChI is InChI=1S/C27H28ClN7O2/c1-16-22(11-19(28)13-29-16)26(36)32-20-8-6-17(7-9-20)15-34-23-4-2-3-5-24(23)35(27(34)37)21-10-18-12-31-33-25(18)30-14-21/h2-5,10-14,17,20,27,37H,6-9,15H2,1H3,(H,32,36)(H,30,31,33). The SMILES string of the molecule is Cc1ncc(Cl)cc1C(=O)NC1CCC(CN2c3ccccc3N(c3cnc4[nH]ncc4c3)C2O)CC1. The van der Waals surface area contributed by atoms with Crippen molar-refractivity contribution in [1.29, 1.82) is 0 Å². The van der Waals surface area contributed by atoms with Crippen molar-refractivity contribution in [2.24, 2.45) is 5.92 Å². The summed E-state index contributed by atoms with van der Waals surface area (Å²) in [6, 6.07) is 11.8. The molecule has 1 saturated carbocycles. The average Bonchev–Trinajstić information content (AvgIpc) is 3.48. The molecule has 3 N–H and O–H groups in total. The number of aromatic nitrogens is 4.